The van der Waals surface area contributed by atoms with E-state index in [2.05, 4.69) is 31.8 Å². The molecule has 0 aliphatic carbocycles. The molecule has 0 atom stereocenters. The van der Waals surface area contributed by atoms with Crippen molar-refractivity contribution >= 4 is 23.1 Å². The van der Waals surface area contributed by atoms with Crippen LogP contribution in [-0.4, -0.2) is 73.2 Å². The highest BCUT2D eigenvalue weighted by atomic mass is 16.3. The Labute approximate surface area is 237 Å². The van der Waals surface area contributed by atoms with Crippen LogP contribution >= 0.6 is 0 Å². The van der Waals surface area contributed by atoms with E-state index in [1.165, 1.54) is 18.9 Å². The predicted octanol–water partition coefficient (Wildman–Crippen LogP) is 3.69. The van der Waals surface area contributed by atoms with E-state index in [9.17, 15) is 4.79 Å². The van der Waals surface area contributed by atoms with E-state index in [0.717, 1.165) is 54.6 Å². The smallest absolute Gasteiger partial charge is 0.247 e. The third-order valence-corrected chi connectivity index (χ3v) is 8.19. The summed E-state index contributed by atoms with van der Waals surface area (Å²) in [6.07, 6.45) is 8.64. The number of nitrogens with two attached hydrogens (primary N) is 1. The molecule has 41 heavy (non-hydrogen) atoms. The highest BCUT2D eigenvalue weighted by Crippen LogP contribution is 2.40. The summed E-state index contributed by atoms with van der Waals surface area (Å²) >= 11 is 0. The summed E-state index contributed by atoms with van der Waals surface area (Å²) in [6.45, 7) is 6.34. The van der Waals surface area contributed by atoms with Crippen molar-refractivity contribution in [2.45, 2.75) is 26.2 Å². The van der Waals surface area contributed by atoms with Crippen LogP contribution in [-0.2, 0) is 6.42 Å². The number of hydrogen-bond acceptors (Lipinski definition) is 10. The van der Waals surface area contributed by atoms with Crippen molar-refractivity contribution in [3.05, 3.63) is 72.3 Å². The summed E-state index contributed by atoms with van der Waals surface area (Å²) in [6, 6.07) is 9.81. The van der Waals surface area contributed by atoms with Gasteiger partial charge in [-0.15, -0.1) is 0 Å². The molecule has 0 amide bonds. The number of nitrogens with zero attached hydrogens (tertiary/aromatic N) is 8. The molecule has 0 bridgehead atoms. The van der Waals surface area contributed by atoms with Crippen LogP contribution in [0.3, 0.4) is 0 Å². The number of rotatable bonds is 7. The molecule has 2 saturated heterocycles. The molecule has 2 fully saturated rings. The summed E-state index contributed by atoms with van der Waals surface area (Å²) in [5.41, 5.74) is 11.0. The molecule has 2 aliphatic rings. The van der Waals surface area contributed by atoms with Crippen molar-refractivity contribution in [2.75, 3.05) is 43.9 Å². The molecule has 0 saturated carbocycles. The number of Topliss-reactive ketones (excluding diaryl/α,β-unsaturated/α-hetero) is 1. The second-order valence-corrected chi connectivity index (χ2v) is 11.3. The fraction of sp³-hybridized carbons (Fsp3) is 0.333. The molecular weight excluding hydrogens is 518 g/mol. The molecular formula is C30H31N9O2. The van der Waals surface area contributed by atoms with Crippen LogP contribution in [0.4, 0.5) is 11.6 Å². The molecule has 1 spiro atoms. The summed E-state index contributed by atoms with van der Waals surface area (Å²) in [4.78, 5) is 41.0. The molecule has 0 unspecified atom stereocenters. The van der Waals surface area contributed by atoms with E-state index in [0.29, 0.717) is 23.2 Å². The standard InChI is InChI=1S/C30H31N9O2/c1-19-14-33-23-9-6-20(15-39(19)23)25-27(29-32-11-13-41-29)36-28(31)26(35-25)22(40)8-7-21-4-3-5-24(34-21)38-17-30(18-38)10-12-37(2)16-30/h3-6,9,11,13-15H,7-8,10,12,16-18H2,1-2H3,(H2,31,36). The fourth-order valence-corrected chi connectivity index (χ4v) is 6.07. The Morgan fingerprint density at radius 2 is 1.95 bits per heavy atom. The topological polar surface area (TPSA) is 132 Å². The second-order valence-electron chi connectivity index (χ2n) is 11.3. The first-order valence-electron chi connectivity index (χ1n) is 13.8. The number of oxazole rings is 1. The van der Waals surface area contributed by atoms with E-state index in [1.807, 2.05) is 47.9 Å². The maximum absolute atomic E-state index is 13.5. The van der Waals surface area contributed by atoms with Crippen molar-refractivity contribution in [1.29, 1.82) is 0 Å². The number of fused-ring (bicyclic) bond motifs is 1. The zero-order valence-corrected chi connectivity index (χ0v) is 23.1. The number of ketones is 1. The first-order valence-corrected chi connectivity index (χ1v) is 13.8. The lowest BCUT2D eigenvalue weighted by atomic mass is 9.79. The molecule has 208 valence electrons. The summed E-state index contributed by atoms with van der Waals surface area (Å²) in [7, 11) is 2.19. The van der Waals surface area contributed by atoms with Crippen LogP contribution in [0.25, 0.3) is 28.5 Å². The van der Waals surface area contributed by atoms with Crippen molar-refractivity contribution in [1.82, 2.24) is 34.2 Å². The van der Waals surface area contributed by atoms with Crippen LogP contribution in [0.15, 0.2) is 59.6 Å². The van der Waals surface area contributed by atoms with E-state index >= 15 is 0 Å². The predicted molar refractivity (Wildman–Crippen MR) is 155 cm³/mol. The number of carbonyl (C=O) groups is 1. The van der Waals surface area contributed by atoms with E-state index in [-0.39, 0.29) is 29.6 Å². The largest absolute Gasteiger partial charge is 0.443 e. The quantitative estimate of drug-likeness (QED) is 0.300. The maximum atomic E-state index is 13.5. The zero-order chi connectivity index (χ0) is 28.1. The molecule has 11 heteroatoms. The average molecular weight is 550 g/mol. The van der Waals surface area contributed by atoms with Gasteiger partial charge in [-0.05, 0) is 57.6 Å². The third-order valence-electron chi connectivity index (χ3n) is 8.19. The average Bonchev–Trinajstić information content (AvgIpc) is 3.72. The van der Waals surface area contributed by atoms with Gasteiger partial charge in [0.25, 0.3) is 0 Å². The molecule has 7 heterocycles. The summed E-state index contributed by atoms with van der Waals surface area (Å²) in [5, 5.41) is 0. The van der Waals surface area contributed by atoms with Gasteiger partial charge in [-0.25, -0.2) is 24.9 Å². The molecule has 2 N–H and O–H groups in total. The number of anilines is 2. The number of aromatic nitrogens is 6. The Balaban J connectivity index is 1.13. The minimum Gasteiger partial charge on any atom is -0.443 e. The highest BCUT2D eigenvalue weighted by molar-refractivity contribution is 5.99. The van der Waals surface area contributed by atoms with Gasteiger partial charge in [0.1, 0.15) is 29.1 Å². The first-order chi connectivity index (χ1) is 19.9. The van der Waals surface area contributed by atoms with Crippen molar-refractivity contribution < 1.29 is 9.21 Å². The van der Waals surface area contributed by atoms with Crippen molar-refractivity contribution in [2.24, 2.45) is 5.41 Å². The molecule has 5 aromatic heterocycles. The number of nitrogen functional groups attached to an aromatic ring is 1. The lowest BCUT2D eigenvalue weighted by molar-refractivity contribution is 0.0978. The van der Waals surface area contributed by atoms with Gasteiger partial charge in [-0.3, -0.25) is 4.79 Å². The third kappa shape index (κ3) is 4.61. The van der Waals surface area contributed by atoms with Gasteiger partial charge in [-0.2, -0.15) is 0 Å². The number of likely N-dealkylation sites (tertiary alicyclic amines) is 1. The van der Waals surface area contributed by atoms with Gasteiger partial charge in [0.2, 0.25) is 5.89 Å². The number of carbonyl (C=O) groups excluding carboxylic acids is 1. The summed E-state index contributed by atoms with van der Waals surface area (Å²) < 4.78 is 7.49. The van der Waals surface area contributed by atoms with Gasteiger partial charge in [0.05, 0.1) is 6.20 Å². The SMILES string of the molecule is Cc1cnc2ccc(-c3nc(C(=O)CCc4cccc(N5CC6(CCN(C)C6)C5)n4)c(N)nc3-c3ncco3)cn12. The van der Waals surface area contributed by atoms with Gasteiger partial charge in [0, 0.05) is 60.8 Å². The second kappa shape index (κ2) is 9.77. The zero-order valence-electron chi connectivity index (χ0n) is 23.1. The Hall–Kier alpha value is -4.64. The summed E-state index contributed by atoms with van der Waals surface area (Å²) in [5.74, 6) is 1.09. The van der Waals surface area contributed by atoms with Crippen LogP contribution in [0.1, 0.15) is 34.7 Å². The van der Waals surface area contributed by atoms with E-state index in [1.54, 1.807) is 6.20 Å². The monoisotopic (exact) mass is 549 g/mol. The molecule has 0 radical (unpaired) electrons. The Kier molecular flexibility index (Phi) is 6.04. The van der Waals surface area contributed by atoms with E-state index < -0.39 is 0 Å². The van der Waals surface area contributed by atoms with E-state index in [4.69, 9.17) is 20.1 Å². The minimum atomic E-state index is -0.195. The lowest BCUT2D eigenvalue weighted by Crippen LogP contribution is -2.57. The Bertz CT molecular complexity index is 1760. The van der Waals surface area contributed by atoms with Gasteiger partial charge in [-0.1, -0.05) is 6.07 Å². The minimum absolute atomic E-state index is 0.0426. The van der Waals surface area contributed by atoms with Crippen LogP contribution < -0.4 is 10.6 Å². The number of imidazole rings is 1. The molecule has 0 aromatic carbocycles. The highest BCUT2D eigenvalue weighted by Gasteiger charge is 2.47. The van der Waals surface area contributed by atoms with Crippen molar-refractivity contribution in [3.63, 3.8) is 0 Å². The molecule has 2 aliphatic heterocycles. The van der Waals surface area contributed by atoms with Crippen molar-refractivity contribution in [3.8, 4) is 22.8 Å². The fourth-order valence-electron chi connectivity index (χ4n) is 6.07. The lowest BCUT2D eigenvalue weighted by Gasteiger charge is -2.48. The Morgan fingerprint density at radius 1 is 1.07 bits per heavy atom. The Morgan fingerprint density at radius 3 is 2.73 bits per heavy atom. The molecule has 11 nitrogen and oxygen atoms in total. The number of pyridine rings is 2. The van der Waals surface area contributed by atoms with Gasteiger partial charge >= 0.3 is 0 Å². The first kappa shape index (κ1) is 25.3. The van der Waals surface area contributed by atoms with Crippen LogP contribution in [0.2, 0.25) is 0 Å². The van der Waals surface area contributed by atoms with Crippen LogP contribution in [0.5, 0.6) is 0 Å². The number of aryl methyl sites for hydroxylation is 2. The van der Waals surface area contributed by atoms with Gasteiger partial charge < -0.3 is 24.4 Å². The van der Waals surface area contributed by atoms with Gasteiger partial charge in [0.15, 0.2) is 17.3 Å². The maximum Gasteiger partial charge on any atom is 0.247 e. The normalized spacial score (nSPS) is 16.5. The van der Waals surface area contributed by atoms with Crippen LogP contribution in [0, 0.1) is 12.3 Å². The molecule has 5 aromatic rings. The molecule has 7 rings (SSSR count). The number of hydrogen-bond donors (Lipinski definition) is 1.